The predicted octanol–water partition coefficient (Wildman–Crippen LogP) is 3.39. The van der Waals surface area contributed by atoms with Crippen LogP contribution in [0.5, 0.6) is 5.88 Å². The van der Waals surface area contributed by atoms with Gasteiger partial charge in [0.25, 0.3) is 0 Å². The molecule has 3 aromatic rings. The summed E-state index contributed by atoms with van der Waals surface area (Å²) in [4.78, 5) is 5.30. The van der Waals surface area contributed by atoms with Gasteiger partial charge in [-0.05, 0) is 13.0 Å². The van der Waals surface area contributed by atoms with Crippen molar-refractivity contribution in [1.29, 1.82) is 0 Å². The minimum atomic E-state index is -0.196. The lowest BCUT2D eigenvalue weighted by atomic mass is 10.1. The topological polar surface area (TPSA) is 38.6 Å². The molecule has 0 radical (unpaired) electrons. The summed E-state index contributed by atoms with van der Waals surface area (Å²) in [7, 11) is 1.61. The van der Waals surface area contributed by atoms with Gasteiger partial charge in [0.1, 0.15) is 11.5 Å². The Balaban J connectivity index is 1.80. The zero-order valence-electron chi connectivity index (χ0n) is 11.8. The van der Waals surface area contributed by atoms with Gasteiger partial charge in [0.2, 0.25) is 5.88 Å². The summed E-state index contributed by atoms with van der Waals surface area (Å²) in [6.45, 7) is 2.49. The van der Waals surface area contributed by atoms with Crippen molar-refractivity contribution < 1.29 is 9.13 Å². The van der Waals surface area contributed by atoms with E-state index >= 15 is 0 Å². The van der Waals surface area contributed by atoms with Crippen LogP contribution in [-0.4, -0.2) is 16.5 Å². The number of benzene rings is 1. The second-order valence-corrected chi connectivity index (χ2v) is 5.62. The molecule has 0 saturated carbocycles. The highest BCUT2D eigenvalue weighted by atomic mass is 32.1. The molecule has 0 saturated heterocycles. The third kappa shape index (κ3) is 2.64. The maximum Gasteiger partial charge on any atom is 0.237 e. The number of methoxy groups -OCH3 is 1. The largest absolute Gasteiger partial charge is 0.480 e. The number of aromatic nitrogens is 2. The van der Waals surface area contributed by atoms with Gasteiger partial charge >= 0.3 is 0 Å². The number of halogens is 1. The quantitative estimate of drug-likeness (QED) is 0.785. The molecule has 2 aromatic heterocycles. The van der Waals surface area contributed by atoms with Crippen molar-refractivity contribution in [3.8, 4) is 5.88 Å². The number of ether oxygens (including phenoxy) is 1. The number of nitrogens with one attached hydrogen (secondary N) is 1. The van der Waals surface area contributed by atoms with Crippen molar-refractivity contribution in [2.45, 2.75) is 19.5 Å². The first-order valence-corrected chi connectivity index (χ1v) is 7.55. The Morgan fingerprint density at radius 3 is 3.00 bits per heavy atom. The first kappa shape index (κ1) is 14.0. The number of imidazole rings is 1. The minimum Gasteiger partial charge on any atom is -0.480 e. The van der Waals surface area contributed by atoms with Crippen LogP contribution in [0, 0.1) is 5.82 Å². The number of thiazole rings is 1. The summed E-state index contributed by atoms with van der Waals surface area (Å²) in [5.41, 5.74) is 1.60. The average molecular weight is 305 g/mol. The first-order chi connectivity index (χ1) is 10.2. The van der Waals surface area contributed by atoms with E-state index in [0.29, 0.717) is 18.0 Å². The van der Waals surface area contributed by atoms with Gasteiger partial charge < -0.3 is 10.1 Å². The Morgan fingerprint density at radius 1 is 1.43 bits per heavy atom. The van der Waals surface area contributed by atoms with Crippen LogP contribution in [0.25, 0.3) is 4.96 Å². The SMILES string of the molecule is COc1nc2sccn2c1CN[C@H](C)c1ccccc1F. The Bertz CT molecular complexity index is 752. The van der Waals surface area contributed by atoms with Crippen LogP contribution < -0.4 is 10.1 Å². The lowest BCUT2D eigenvalue weighted by molar-refractivity contribution is 0.391. The van der Waals surface area contributed by atoms with E-state index in [2.05, 4.69) is 10.3 Å². The fraction of sp³-hybridized carbons (Fsp3) is 0.267. The number of hydrogen-bond acceptors (Lipinski definition) is 4. The van der Waals surface area contributed by atoms with Gasteiger partial charge in [-0.2, -0.15) is 4.98 Å². The molecule has 0 aliphatic carbocycles. The zero-order valence-corrected chi connectivity index (χ0v) is 12.7. The fourth-order valence-electron chi connectivity index (χ4n) is 2.32. The smallest absolute Gasteiger partial charge is 0.237 e. The van der Waals surface area contributed by atoms with Crippen molar-refractivity contribution in [3.05, 3.63) is 52.9 Å². The molecule has 21 heavy (non-hydrogen) atoms. The van der Waals surface area contributed by atoms with E-state index in [0.717, 1.165) is 10.7 Å². The van der Waals surface area contributed by atoms with E-state index in [9.17, 15) is 4.39 Å². The van der Waals surface area contributed by atoms with E-state index in [1.807, 2.05) is 29.0 Å². The van der Waals surface area contributed by atoms with Crippen LogP contribution in [0.4, 0.5) is 4.39 Å². The molecule has 4 nitrogen and oxygen atoms in total. The highest BCUT2D eigenvalue weighted by Gasteiger charge is 2.16. The Morgan fingerprint density at radius 2 is 2.24 bits per heavy atom. The molecular weight excluding hydrogens is 289 g/mol. The molecule has 0 aliphatic heterocycles. The number of nitrogens with zero attached hydrogens (tertiary/aromatic N) is 2. The van der Waals surface area contributed by atoms with Gasteiger partial charge in [-0.25, -0.2) is 4.39 Å². The van der Waals surface area contributed by atoms with Gasteiger partial charge in [-0.15, -0.1) is 11.3 Å². The molecule has 0 aliphatic rings. The molecule has 110 valence electrons. The molecular formula is C15H16FN3OS. The Kier molecular flexibility index (Phi) is 3.90. The van der Waals surface area contributed by atoms with Crippen LogP contribution in [0.2, 0.25) is 0 Å². The molecule has 6 heteroatoms. The van der Waals surface area contributed by atoms with Crippen LogP contribution in [0.3, 0.4) is 0 Å². The van der Waals surface area contributed by atoms with Crippen LogP contribution in [-0.2, 0) is 6.54 Å². The molecule has 1 N–H and O–H groups in total. The van der Waals surface area contributed by atoms with Crippen LogP contribution in [0.15, 0.2) is 35.8 Å². The van der Waals surface area contributed by atoms with Gasteiger partial charge in [-0.1, -0.05) is 18.2 Å². The van der Waals surface area contributed by atoms with Crippen molar-refractivity contribution in [2.24, 2.45) is 0 Å². The van der Waals surface area contributed by atoms with Crippen LogP contribution >= 0.6 is 11.3 Å². The Labute approximate surface area is 126 Å². The summed E-state index contributed by atoms with van der Waals surface area (Å²) in [6.07, 6.45) is 1.96. The lowest BCUT2D eigenvalue weighted by Crippen LogP contribution is -2.20. The van der Waals surface area contributed by atoms with E-state index < -0.39 is 0 Å². The zero-order chi connectivity index (χ0) is 14.8. The van der Waals surface area contributed by atoms with Gasteiger partial charge in [0.05, 0.1) is 7.11 Å². The molecule has 2 heterocycles. The fourth-order valence-corrected chi connectivity index (χ4v) is 3.05. The number of fused-ring (bicyclic) bond motifs is 1. The van der Waals surface area contributed by atoms with Gasteiger partial charge in [0.15, 0.2) is 4.96 Å². The van der Waals surface area contributed by atoms with Crippen molar-refractivity contribution in [2.75, 3.05) is 7.11 Å². The van der Waals surface area contributed by atoms with Crippen LogP contribution in [0.1, 0.15) is 24.2 Å². The Hall–Kier alpha value is -1.92. The van der Waals surface area contributed by atoms with E-state index in [1.165, 1.54) is 6.07 Å². The molecule has 0 fully saturated rings. The van der Waals surface area contributed by atoms with E-state index in [4.69, 9.17) is 4.74 Å². The minimum absolute atomic E-state index is 0.0971. The maximum atomic E-state index is 13.8. The molecule has 1 aromatic carbocycles. The summed E-state index contributed by atoms with van der Waals surface area (Å²) in [5, 5.41) is 5.30. The van der Waals surface area contributed by atoms with Crippen molar-refractivity contribution >= 4 is 16.3 Å². The van der Waals surface area contributed by atoms with E-state index in [1.54, 1.807) is 30.6 Å². The third-order valence-corrected chi connectivity index (χ3v) is 4.22. The first-order valence-electron chi connectivity index (χ1n) is 6.67. The molecule has 3 rings (SSSR count). The summed E-state index contributed by atoms with van der Waals surface area (Å²) in [6, 6.07) is 6.71. The molecule has 1 atom stereocenters. The monoisotopic (exact) mass is 305 g/mol. The number of rotatable bonds is 5. The second kappa shape index (κ2) is 5.83. The molecule has 0 amide bonds. The van der Waals surface area contributed by atoms with E-state index in [-0.39, 0.29) is 11.9 Å². The molecule has 0 bridgehead atoms. The highest BCUT2D eigenvalue weighted by molar-refractivity contribution is 7.15. The predicted molar refractivity (Wildman–Crippen MR) is 81.3 cm³/mol. The standard InChI is InChI=1S/C15H16FN3OS/c1-10(11-5-3-4-6-12(11)16)17-9-13-14(20-2)18-15-19(13)7-8-21-15/h3-8,10,17H,9H2,1-2H3/t10-/m1/s1. The van der Waals surface area contributed by atoms with Crippen molar-refractivity contribution in [1.82, 2.24) is 14.7 Å². The summed E-state index contributed by atoms with van der Waals surface area (Å²) < 4.78 is 21.1. The maximum absolute atomic E-state index is 13.8. The summed E-state index contributed by atoms with van der Waals surface area (Å²) >= 11 is 1.55. The van der Waals surface area contributed by atoms with Crippen molar-refractivity contribution in [3.63, 3.8) is 0 Å². The average Bonchev–Trinajstić information content (AvgIpc) is 3.06. The second-order valence-electron chi connectivity index (χ2n) is 4.75. The summed E-state index contributed by atoms with van der Waals surface area (Å²) in [5.74, 6) is 0.411. The molecule has 0 spiro atoms. The van der Waals surface area contributed by atoms with Gasteiger partial charge in [0, 0.05) is 29.7 Å². The highest BCUT2D eigenvalue weighted by Crippen LogP contribution is 2.24. The number of hydrogen-bond donors (Lipinski definition) is 1. The lowest BCUT2D eigenvalue weighted by Gasteiger charge is -2.15. The van der Waals surface area contributed by atoms with Gasteiger partial charge in [-0.3, -0.25) is 4.40 Å². The molecule has 0 unspecified atom stereocenters. The normalized spacial score (nSPS) is 12.7. The third-order valence-electron chi connectivity index (χ3n) is 3.47.